The Hall–Kier alpha value is -2.05. The third-order valence-electron chi connectivity index (χ3n) is 3.57. The first-order valence-electron chi connectivity index (χ1n) is 6.77. The Balaban J connectivity index is 2.30. The summed E-state index contributed by atoms with van der Waals surface area (Å²) in [7, 11) is 2.61. The first kappa shape index (κ1) is 16.3. The van der Waals surface area contributed by atoms with Crippen molar-refractivity contribution in [3.8, 4) is 0 Å². The molecule has 1 fully saturated rings. The number of ether oxygens (including phenoxy) is 1. The number of hydrogen-bond donors (Lipinski definition) is 0. The zero-order valence-electron chi connectivity index (χ0n) is 12.2. The minimum Gasteiger partial charge on any atom is -0.468 e. The van der Waals surface area contributed by atoms with Gasteiger partial charge in [0.2, 0.25) is 0 Å². The fourth-order valence-electron chi connectivity index (χ4n) is 2.20. The van der Waals surface area contributed by atoms with Crippen LogP contribution in [0.25, 0.3) is 0 Å². The second-order valence-electron chi connectivity index (χ2n) is 5.31. The highest BCUT2D eigenvalue weighted by Crippen LogP contribution is 2.43. The van der Waals surface area contributed by atoms with E-state index < -0.39 is 23.6 Å². The molecule has 1 aromatic rings. The van der Waals surface area contributed by atoms with Crippen LogP contribution in [0.5, 0.6) is 0 Å². The van der Waals surface area contributed by atoms with Gasteiger partial charge in [0, 0.05) is 12.6 Å². The molecule has 0 N–H and O–H groups in total. The van der Waals surface area contributed by atoms with E-state index >= 15 is 0 Å². The number of rotatable bonds is 4. The first-order chi connectivity index (χ1) is 10.2. The summed E-state index contributed by atoms with van der Waals surface area (Å²) in [6.07, 6.45) is -2.91. The molecule has 0 aromatic heterocycles. The molecule has 0 bridgehead atoms. The molecule has 1 aliphatic carbocycles. The molecule has 1 aliphatic rings. The molecule has 0 atom stereocenters. The summed E-state index contributed by atoms with van der Waals surface area (Å²) in [5.74, 6) is -1.09. The number of benzene rings is 1. The van der Waals surface area contributed by atoms with Crippen LogP contribution in [0.1, 0.15) is 40.2 Å². The highest BCUT2D eigenvalue weighted by Gasteiger charge is 2.35. The number of alkyl halides is 3. The van der Waals surface area contributed by atoms with Gasteiger partial charge in [0.05, 0.1) is 12.7 Å². The predicted molar refractivity (Wildman–Crippen MR) is 72.4 cm³/mol. The van der Waals surface area contributed by atoms with Gasteiger partial charge in [-0.1, -0.05) is 0 Å². The molecule has 0 radical (unpaired) electrons. The van der Waals surface area contributed by atoms with Crippen molar-refractivity contribution in [2.45, 2.75) is 24.9 Å². The van der Waals surface area contributed by atoms with E-state index in [0.717, 1.165) is 29.9 Å². The number of nitrogens with zero attached hydrogens (tertiary/aromatic N) is 1. The Bertz CT molecular complexity index is 594. The molecular weight excluding hydrogens is 299 g/mol. The quantitative estimate of drug-likeness (QED) is 0.803. The molecular formula is C15H16F3NO3. The Morgan fingerprint density at radius 2 is 1.95 bits per heavy atom. The monoisotopic (exact) mass is 315 g/mol. The van der Waals surface area contributed by atoms with Gasteiger partial charge < -0.3 is 9.64 Å². The summed E-state index contributed by atoms with van der Waals surface area (Å²) >= 11 is 0. The molecule has 0 unspecified atom stereocenters. The molecule has 4 nitrogen and oxygen atoms in total. The summed E-state index contributed by atoms with van der Waals surface area (Å²) < 4.78 is 42.9. The highest BCUT2D eigenvalue weighted by atomic mass is 19.4. The second-order valence-corrected chi connectivity index (χ2v) is 5.31. The molecule has 1 aromatic carbocycles. The fraction of sp³-hybridized carbons (Fsp3) is 0.467. The Labute approximate surface area is 125 Å². The lowest BCUT2D eigenvalue weighted by Crippen LogP contribution is -2.33. The van der Waals surface area contributed by atoms with Gasteiger partial charge in [-0.3, -0.25) is 9.59 Å². The largest absolute Gasteiger partial charge is 0.468 e. The van der Waals surface area contributed by atoms with Gasteiger partial charge in [0.15, 0.2) is 0 Å². The van der Waals surface area contributed by atoms with Crippen molar-refractivity contribution in [2.24, 2.45) is 0 Å². The van der Waals surface area contributed by atoms with Gasteiger partial charge in [-0.15, -0.1) is 0 Å². The second kappa shape index (κ2) is 5.98. The standard InChI is InChI=1S/C15H16F3NO3/c1-19(8-13(20)22-2)14(21)11-6-5-10(15(16,17)18)7-12(11)9-3-4-9/h5-7,9H,3-4,8H2,1-2H3. The zero-order valence-corrected chi connectivity index (χ0v) is 12.2. The lowest BCUT2D eigenvalue weighted by atomic mass is 9.99. The number of esters is 1. The van der Waals surface area contributed by atoms with Crippen LogP contribution >= 0.6 is 0 Å². The lowest BCUT2D eigenvalue weighted by molar-refractivity contribution is -0.141. The van der Waals surface area contributed by atoms with E-state index in [4.69, 9.17) is 0 Å². The third-order valence-corrected chi connectivity index (χ3v) is 3.57. The van der Waals surface area contributed by atoms with E-state index in [1.807, 2.05) is 0 Å². The predicted octanol–water partition coefficient (Wildman–Crippen LogP) is 2.83. The summed E-state index contributed by atoms with van der Waals surface area (Å²) in [4.78, 5) is 24.7. The Morgan fingerprint density at radius 3 is 2.45 bits per heavy atom. The van der Waals surface area contributed by atoms with Crippen LogP contribution in [0.2, 0.25) is 0 Å². The Morgan fingerprint density at radius 1 is 1.32 bits per heavy atom. The topological polar surface area (TPSA) is 46.6 Å². The van der Waals surface area contributed by atoms with Gasteiger partial charge >= 0.3 is 12.1 Å². The van der Waals surface area contributed by atoms with E-state index in [-0.39, 0.29) is 18.0 Å². The van der Waals surface area contributed by atoms with E-state index in [0.29, 0.717) is 5.56 Å². The Kier molecular flexibility index (Phi) is 4.44. The van der Waals surface area contributed by atoms with Crippen LogP contribution in [0.3, 0.4) is 0 Å². The first-order valence-corrected chi connectivity index (χ1v) is 6.77. The maximum Gasteiger partial charge on any atom is 0.416 e. The molecule has 2 rings (SSSR count). The van der Waals surface area contributed by atoms with E-state index in [1.165, 1.54) is 20.2 Å². The highest BCUT2D eigenvalue weighted by molar-refractivity contribution is 5.97. The number of likely N-dealkylation sites (N-methyl/N-ethyl adjacent to an activating group) is 1. The van der Waals surface area contributed by atoms with Crippen LogP contribution < -0.4 is 0 Å². The SMILES string of the molecule is COC(=O)CN(C)C(=O)c1ccc(C(F)(F)F)cc1C1CC1. The van der Waals surface area contributed by atoms with Crippen molar-refractivity contribution >= 4 is 11.9 Å². The van der Waals surface area contributed by atoms with Gasteiger partial charge in [0.25, 0.3) is 5.91 Å². The average molecular weight is 315 g/mol. The number of methoxy groups -OCH3 is 1. The van der Waals surface area contributed by atoms with Gasteiger partial charge in [-0.2, -0.15) is 13.2 Å². The van der Waals surface area contributed by atoms with Crippen LogP contribution in [0.4, 0.5) is 13.2 Å². The molecule has 22 heavy (non-hydrogen) atoms. The minimum absolute atomic E-state index is 0.0206. The van der Waals surface area contributed by atoms with Crippen LogP contribution in [0, 0.1) is 0 Å². The normalized spacial score (nSPS) is 14.6. The number of carbonyl (C=O) groups excluding carboxylic acids is 2. The molecule has 0 spiro atoms. The van der Waals surface area contributed by atoms with Crippen molar-refractivity contribution < 1.29 is 27.5 Å². The maximum absolute atomic E-state index is 12.8. The van der Waals surface area contributed by atoms with Gasteiger partial charge in [-0.05, 0) is 42.5 Å². The maximum atomic E-state index is 12.8. The van der Waals surface area contributed by atoms with Crippen molar-refractivity contribution in [2.75, 3.05) is 20.7 Å². The van der Waals surface area contributed by atoms with Crippen molar-refractivity contribution in [1.82, 2.24) is 4.90 Å². The molecule has 1 amide bonds. The van der Waals surface area contributed by atoms with E-state index in [2.05, 4.69) is 4.74 Å². The van der Waals surface area contributed by atoms with Crippen molar-refractivity contribution in [3.05, 3.63) is 34.9 Å². The average Bonchev–Trinajstić information content (AvgIpc) is 3.29. The summed E-state index contributed by atoms with van der Waals surface area (Å²) in [6.45, 7) is -0.250. The third kappa shape index (κ3) is 3.58. The van der Waals surface area contributed by atoms with Crippen molar-refractivity contribution in [1.29, 1.82) is 0 Å². The molecule has 0 saturated heterocycles. The number of halogens is 3. The molecule has 1 saturated carbocycles. The van der Waals surface area contributed by atoms with Crippen LogP contribution in [0.15, 0.2) is 18.2 Å². The van der Waals surface area contributed by atoms with E-state index in [1.54, 1.807) is 0 Å². The summed E-state index contributed by atoms with van der Waals surface area (Å²) in [5, 5.41) is 0. The number of carbonyl (C=O) groups is 2. The molecule has 7 heteroatoms. The summed E-state index contributed by atoms with van der Waals surface area (Å²) in [5.41, 5.74) is -0.153. The molecule has 0 heterocycles. The van der Waals surface area contributed by atoms with Crippen LogP contribution in [-0.2, 0) is 15.7 Å². The summed E-state index contributed by atoms with van der Waals surface area (Å²) in [6, 6.07) is 3.12. The molecule has 120 valence electrons. The lowest BCUT2D eigenvalue weighted by Gasteiger charge is -2.19. The van der Waals surface area contributed by atoms with Crippen molar-refractivity contribution in [3.63, 3.8) is 0 Å². The van der Waals surface area contributed by atoms with Gasteiger partial charge in [-0.25, -0.2) is 0 Å². The van der Waals surface area contributed by atoms with E-state index in [9.17, 15) is 22.8 Å². The smallest absolute Gasteiger partial charge is 0.416 e. The van der Waals surface area contributed by atoms with Crippen LogP contribution in [-0.4, -0.2) is 37.5 Å². The fourth-order valence-corrected chi connectivity index (χ4v) is 2.20. The number of amides is 1. The number of hydrogen-bond acceptors (Lipinski definition) is 3. The minimum atomic E-state index is -4.44. The molecule has 0 aliphatic heterocycles. The zero-order chi connectivity index (χ0) is 16.5. The van der Waals surface area contributed by atoms with Gasteiger partial charge in [0.1, 0.15) is 6.54 Å².